The van der Waals surface area contributed by atoms with E-state index >= 15 is 0 Å². The van der Waals surface area contributed by atoms with Gasteiger partial charge in [-0.15, -0.1) is 6.42 Å². The Labute approximate surface area is 95.6 Å². The van der Waals surface area contributed by atoms with Crippen molar-refractivity contribution in [2.24, 2.45) is 0 Å². The summed E-state index contributed by atoms with van der Waals surface area (Å²) in [7, 11) is 0. The first-order valence-electron chi connectivity index (χ1n) is 3.85. The SMILES string of the molecule is C#CC(O)(c1cc(Cl)cc(Cl)c1)C(F)F. The normalized spacial score (nSPS) is 14.7. The number of alkyl halides is 2. The van der Waals surface area contributed by atoms with Gasteiger partial charge >= 0.3 is 0 Å². The summed E-state index contributed by atoms with van der Waals surface area (Å²) in [5.74, 6) is 1.64. The summed E-state index contributed by atoms with van der Waals surface area (Å²) in [5, 5.41) is 9.78. The molecule has 0 amide bonds. The second kappa shape index (κ2) is 4.36. The van der Waals surface area contributed by atoms with Gasteiger partial charge in [-0.25, -0.2) is 8.78 Å². The van der Waals surface area contributed by atoms with Crippen molar-refractivity contribution < 1.29 is 13.9 Å². The first-order chi connectivity index (χ1) is 6.90. The molecule has 1 rings (SSSR count). The predicted molar refractivity (Wildman–Crippen MR) is 55.2 cm³/mol. The highest BCUT2D eigenvalue weighted by Crippen LogP contribution is 2.31. The maximum Gasteiger partial charge on any atom is 0.282 e. The molecule has 0 bridgehead atoms. The van der Waals surface area contributed by atoms with Gasteiger partial charge in [-0.3, -0.25) is 0 Å². The molecular formula is C10H6Cl2F2O. The van der Waals surface area contributed by atoms with E-state index in [-0.39, 0.29) is 15.6 Å². The zero-order chi connectivity index (χ0) is 11.6. The molecule has 0 fully saturated rings. The minimum absolute atomic E-state index is 0.131. The van der Waals surface area contributed by atoms with Crippen LogP contribution in [0.5, 0.6) is 0 Å². The topological polar surface area (TPSA) is 20.2 Å². The molecule has 0 spiro atoms. The Balaban J connectivity index is 3.31. The first-order valence-corrected chi connectivity index (χ1v) is 4.60. The van der Waals surface area contributed by atoms with Gasteiger partial charge in [0.2, 0.25) is 5.60 Å². The lowest BCUT2D eigenvalue weighted by Crippen LogP contribution is -2.32. The second-order valence-electron chi connectivity index (χ2n) is 2.87. The summed E-state index contributed by atoms with van der Waals surface area (Å²) in [6.45, 7) is 0. The van der Waals surface area contributed by atoms with E-state index < -0.39 is 12.0 Å². The fraction of sp³-hybridized carbons (Fsp3) is 0.200. The van der Waals surface area contributed by atoms with Gasteiger partial charge in [-0.05, 0) is 18.2 Å². The van der Waals surface area contributed by atoms with E-state index in [0.29, 0.717) is 0 Å². The number of halogens is 4. The number of hydrogen-bond acceptors (Lipinski definition) is 1. The maximum absolute atomic E-state index is 12.6. The Morgan fingerprint density at radius 1 is 1.27 bits per heavy atom. The van der Waals surface area contributed by atoms with Crippen LogP contribution in [0.25, 0.3) is 0 Å². The van der Waals surface area contributed by atoms with Crippen LogP contribution in [0.15, 0.2) is 18.2 Å². The van der Waals surface area contributed by atoms with Gasteiger partial charge in [0.25, 0.3) is 6.43 Å². The molecule has 1 nitrogen and oxygen atoms in total. The quantitative estimate of drug-likeness (QED) is 0.801. The molecule has 0 aliphatic heterocycles. The highest BCUT2D eigenvalue weighted by Gasteiger charge is 2.38. The molecule has 1 atom stereocenters. The molecule has 0 aliphatic carbocycles. The number of benzene rings is 1. The van der Waals surface area contributed by atoms with Crippen LogP contribution < -0.4 is 0 Å². The van der Waals surface area contributed by atoms with Crippen LogP contribution in [-0.2, 0) is 5.60 Å². The van der Waals surface area contributed by atoms with Gasteiger partial charge in [0.05, 0.1) is 0 Å². The Morgan fingerprint density at radius 3 is 2.07 bits per heavy atom. The van der Waals surface area contributed by atoms with Crippen molar-refractivity contribution in [3.05, 3.63) is 33.8 Å². The molecule has 0 aromatic heterocycles. The van der Waals surface area contributed by atoms with Crippen molar-refractivity contribution >= 4 is 23.2 Å². The lowest BCUT2D eigenvalue weighted by atomic mass is 9.95. The summed E-state index contributed by atoms with van der Waals surface area (Å²) < 4.78 is 25.1. The van der Waals surface area contributed by atoms with Crippen LogP contribution in [0.4, 0.5) is 8.78 Å². The lowest BCUT2D eigenvalue weighted by molar-refractivity contribution is -0.0589. The van der Waals surface area contributed by atoms with Crippen LogP contribution in [0.1, 0.15) is 5.56 Å². The molecule has 5 heteroatoms. The molecule has 0 heterocycles. The Bertz CT molecular complexity index is 394. The van der Waals surface area contributed by atoms with Crippen LogP contribution in [0.2, 0.25) is 10.0 Å². The standard InChI is InChI=1S/C10H6Cl2F2O/c1-2-10(15,9(13)14)6-3-7(11)5-8(12)4-6/h1,3-5,9,15H. The van der Waals surface area contributed by atoms with Gasteiger partial charge in [-0.1, -0.05) is 29.1 Å². The number of terminal acetylenes is 1. The van der Waals surface area contributed by atoms with E-state index in [1.807, 2.05) is 0 Å². The van der Waals surface area contributed by atoms with Crippen LogP contribution in [0.3, 0.4) is 0 Å². The molecule has 0 saturated carbocycles. The van der Waals surface area contributed by atoms with Crippen molar-refractivity contribution in [3.8, 4) is 12.3 Å². The van der Waals surface area contributed by atoms with Crippen molar-refractivity contribution in [1.82, 2.24) is 0 Å². The van der Waals surface area contributed by atoms with Crippen molar-refractivity contribution in [3.63, 3.8) is 0 Å². The summed E-state index contributed by atoms with van der Waals surface area (Å²) >= 11 is 11.2. The van der Waals surface area contributed by atoms with Crippen LogP contribution >= 0.6 is 23.2 Å². The number of hydrogen-bond donors (Lipinski definition) is 1. The summed E-state index contributed by atoms with van der Waals surface area (Å²) in [4.78, 5) is 0. The van der Waals surface area contributed by atoms with E-state index in [4.69, 9.17) is 29.6 Å². The van der Waals surface area contributed by atoms with E-state index in [2.05, 4.69) is 0 Å². The third-order valence-corrected chi connectivity index (χ3v) is 2.27. The zero-order valence-electron chi connectivity index (χ0n) is 7.35. The highest BCUT2D eigenvalue weighted by molar-refractivity contribution is 6.34. The predicted octanol–water partition coefficient (Wildman–Crippen LogP) is 3.08. The average molecular weight is 251 g/mol. The van der Waals surface area contributed by atoms with E-state index in [1.165, 1.54) is 6.07 Å². The Kier molecular flexibility index (Phi) is 3.56. The largest absolute Gasteiger partial charge is 0.369 e. The van der Waals surface area contributed by atoms with Crippen molar-refractivity contribution in [2.45, 2.75) is 12.0 Å². The molecule has 15 heavy (non-hydrogen) atoms. The van der Waals surface area contributed by atoms with Gasteiger partial charge in [0.1, 0.15) is 0 Å². The van der Waals surface area contributed by atoms with Crippen LogP contribution in [0, 0.1) is 12.3 Å². The maximum atomic E-state index is 12.6. The Morgan fingerprint density at radius 2 is 1.73 bits per heavy atom. The molecule has 0 saturated heterocycles. The third-order valence-electron chi connectivity index (χ3n) is 1.84. The molecule has 1 N–H and O–H groups in total. The monoisotopic (exact) mass is 250 g/mol. The van der Waals surface area contributed by atoms with Gasteiger partial charge in [-0.2, -0.15) is 0 Å². The molecule has 1 aromatic carbocycles. The number of rotatable bonds is 2. The fourth-order valence-corrected chi connectivity index (χ4v) is 1.57. The van der Waals surface area contributed by atoms with E-state index in [9.17, 15) is 13.9 Å². The molecule has 0 radical (unpaired) electrons. The van der Waals surface area contributed by atoms with Crippen molar-refractivity contribution in [2.75, 3.05) is 0 Å². The van der Waals surface area contributed by atoms with Gasteiger partial charge in [0, 0.05) is 15.6 Å². The number of aliphatic hydroxyl groups is 1. The molecule has 0 aliphatic rings. The zero-order valence-corrected chi connectivity index (χ0v) is 8.86. The average Bonchev–Trinajstić information content (AvgIpc) is 2.14. The van der Waals surface area contributed by atoms with E-state index in [1.54, 1.807) is 5.92 Å². The van der Waals surface area contributed by atoms with Crippen molar-refractivity contribution in [1.29, 1.82) is 0 Å². The minimum atomic E-state index is -3.11. The Hall–Kier alpha value is -0.820. The molecule has 1 aromatic rings. The van der Waals surface area contributed by atoms with Gasteiger partial charge in [0.15, 0.2) is 0 Å². The minimum Gasteiger partial charge on any atom is -0.369 e. The molecule has 80 valence electrons. The lowest BCUT2D eigenvalue weighted by Gasteiger charge is -2.21. The van der Waals surface area contributed by atoms with Gasteiger partial charge < -0.3 is 5.11 Å². The molecule has 1 unspecified atom stereocenters. The van der Waals surface area contributed by atoms with E-state index in [0.717, 1.165) is 12.1 Å². The summed E-state index contributed by atoms with van der Waals surface area (Å²) in [5.41, 5.74) is -2.85. The summed E-state index contributed by atoms with van der Waals surface area (Å²) in [6, 6.07) is 3.66. The second-order valence-corrected chi connectivity index (χ2v) is 3.74. The third kappa shape index (κ3) is 2.40. The fourth-order valence-electron chi connectivity index (χ4n) is 1.05. The molecular weight excluding hydrogens is 245 g/mol. The first kappa shape index (κ1) is 12.3. The summed E-state index contributed by atoms with van der Waals surface area (Å²) in [6.07, 6.45) is 1.76. The smallest absolute Gasteiger partial charge is 0.282 e. The highest BCUT2D eigenvalue weighted by atomic mass is 35.5. The van der Waals surface area contributed by atoms with Crippen LogP contribution in [-0.4, -0.2) is 11.5 Å².